The number of nitrogens with one attached hydrogen (secondary N) is 3. The molecule has 0 radical (unpaired) electrons. The fraction of sp³-hybridized carbons (Fsp3) is 0.0909. The molecule has 2 amide bonds. The van der Waals surface area contributed by atoms with E-state index < -0.39 is 5.91 Å². The minimum Gasteiger partial charge on any atom is -0.487 e. The number of hydrogen-bond donors (Lipinski definition) is 3. The number of amides is 2. The SMILES string of the molecule is CNC(=O)c1cccc2[nH]c(NC(=O)c3cncc(OCc4ccccc4)c3)nc12. The van der Waals surface area contributed by atoms with Crippen molar-refractivity contribution in [3.63, 3.8) is 0 Å². The maximum Gasteiger partial charge on any atom is 0.259 e. The summed E-state index contributed by atoms with van der Waals surface area (Å²) in [6, 6.07) is 16.5. The predicted octanol–water partition coefficient (Wildman–Crippen LogP) is 3.15. The Hall–Kier alpha value is -4.20. The van der Waals surface area contributed by atoms with Crippen LogP contribution in [0.5, 0.6) is 5.75 Å². The zero-order valence-corrected chi connectivity index (χ0v) is 16.2. The molecule has 4 rings (SSSR count). The van der Waals surface area contributed by atoms with Gasteiger partial charge in [-0.2, -0.15) is 0 Å². The Labute approximate surface area is 172 Å². The number of aromatic amines is 1. The average molecular weight is 401 g/mol. The van der Waals surface area contributed by atoms with E-state index in [1.54, 1.807) is 37.5 Å². The van der Waals surface area contributed by atoms with E-state index in [0.29, 0.717) is 34.5 Å². The molecule has 3 N–H and O–H groups in total. The molecule has 0 atom stereocenters. The van der Waals surface area contributed by atoms with Crippen molar-refractivity contribution in [2.24, 2.45) is 0 Å². The van der Waals surface area contributed by atoms with Gasteiger partial charge in [0.05, 0.1) is 22.8 Å². The Morgan fingerprint density at radius 1 is 1.03 bits per heavy atom. The maximum atomic E-state index is 12.6. The van der Waals surface area contributed by atoms with Gasteiger partial charge >= 0.3 is 0 Å². The molecule has 0 aliphatic carbocycles. The number of fused-ring (bicyclic) bond motifs is 1. The molecule has 2 aromatic carbocycles. The number of benzene rings is 2. The summed E-state index contributed by atoms with van der Waals surface area (Å²) in [7, 11) is 1.55. The lowest BCUT2D eigenvalue weighted by Crippen LogP contribution is -2.18. The van der Waals surface area contributed by atoms with Gasteiger partial charge in [0.15, 0.2) is 0 Å². The fourth-order valence-corrected chi connectivity index (χ4v) is 2.95. The van der Waals surface area contributed by atoms with Crippen LogP contribution >= 0.6 is 0 Å². The van der Waals surface area contributed by atoms with Crippen LogP contribution in [0.15, 0.2) is 67.0 Å². The van der Waals surface area contributed by atoms with Gasteiger partial charge in [-0.15, -0.1) is 0 Å². The van der Waals surface area contributed by atoms with Gasteiger partial charge in [0.1, 0.15) is 17.9 Å². The molecule has 0 aliphatic heterocycles. The molecule has 30 heavy (non-hydrogen) atoms. The molecule has 2 aromatic heterocycles. The van der Waals surface area contributed by atoms with Crippen molar-refractivity contribution in [2.75, 3.05) is 12.4 Å². The zero-order valence-electron chi connectivity index (χ0n) is 16.2. The third kappa shape index (κ3) is 4.12. The van der Waals surface area contributed by atoms with E-state index in [0.717, 1.165) is 5.56 Å². The molecule has 0 bridgehead atoms. The first-order valence-corrected chi connectivity index (χ1v) is 9.28. The number of nitrogens with zero attached hydrogens (tertiary/aromatic N) is 2. The summed E-state index contributed by atoms with van der Waals surface area (Å²) in [5, 5.41) is 5.28. The summed E-state index contributed by atoms with van der Waals surface area (Å²) in [6.07, 6.45) is 3.00. The van der Waals surface area contributed by atoms with E-state index in [-0.39, 0.29) is 11.9 Å². The van der Waals surface area contributed by atoms with Crippen LogP contribution in [-0.4, -0.2) is 33.8 Å². The van der Waals surface area contributed by atoms with Crippen molar-refractivity contribution in [3.05, 3.63) is 83.7 Å². The lowest BCUT2D eigenvalue weighted by Gasteiger charge is -2.07. The van der Waals surface area contributed by atoms with Crippen molar-refractivity contribution in [2.45, 2.75) is 6.61 Å². The number of pyridine rings is 1. The molecule has 0 fully saturated rings. The number of para-hydroxylation sites is 1. The van der Waals surface area contributed by atoms with Crippen LogP contribution in [0.2, 0.25) is 0 Å². The standard InChI is InChI=1S/C22H19N5O3/c1-23-21(29)17-8-5-9-18-19(17)26-22(25-18)27-20(28)15-10-16(12-24-11-15)30-13-14-6-3-2-4-7-14/h2-12H,13H2,1H3,(H,23,29)(H2,25,26,27,28). The number of anilines is 1. The molecule has 0 saturated carbocycles. The monoisotopic (exact) mass is 401 g/mol. The second-order valence-electron chi connectivity index (χ2n) is 6.50. The second-order valence-corrected chi connectivity index (χ2v) is 6.50. The largest absolute Gasteiger partial charge is 0.487 e. The number of imidazole rings is 1. The normalized spacial score (nSPS) is 10.6. The van der Waals surface area contributed by atoms with Crippen molar-refractivity contribution in [1.82, 2.24) is 20.3 Å². The van der Waals surface area contributed by atoms with Crippen LogP contribution in [0.1, 0.15) is 26.3 Å². The summed E-state index contributed by atoms with van der Waals surface area (Å²) in [5.74, 6) is 0.0747. The Balaban J connectivity index is 1.49. The summed E-state index contributed by atoms with van der Waals surface area (Å²) in [4.78, 5) is 36.1. The van der Waals surface area contributed by atoms with E-state index in [1.165, 1.54) is 6.20 Å². The fourth-order valence-electron chi connectivity index (χ4n) is 2.95. The average Bonchev–Trinajstić information content (AvgIpc) is 3.20. The van der Waals surface area contributed by atoms with Crippen molar-refractivity contribution < 1.29 is 14.3 Å². The van der Waals surface area contributed by atoms with E-state index in [4.69, 9.17) is 4.74 Å². The first-order valence-electron chi connectivity index (χ1n) is 9.28. The highest BCUT2D eigenvalue weighted by molar-refractivity contribution is 6.07. The number of rotatable bonds is 6. The van der Waals surface area contributed by atoms with Crippen LogP contribution in [0, 0.1) is 0 Å². The molecule has 4 aromatic rings. The molecule has 2 heterocycles. The third-order valence-corrected chi connectivity index (χ3v) is 4.44. The second kappa shape index (κ2) is 8.44. The minimum atomic E-state index is -0.395. The molecular weight excluding hydrogens is 382 g/mol. The van der Waals surface area contributed by atoms with E-state index in [1.807, 2.05) is 30.3 Å². The Kier molecular flexibility index (Phi) is 5.38. The van der Waals surface area contributed by atoms with Gasteiger partial charge < -0.3 is 15.0 Å². The maximum absolute atomic E-state index is 12.6. The van der Waals surface area contributed by atoms with Gasteiger partial charge in [0.25, 0.3) is 11.8 Å². The van der Waals surface area contributed by atoms with Crippen LogP contribution in [0.3, 0.4) is 0 Å². The Morgan fingerprint density at radius 3 is 2.67 bits per heavy atom. The number of carbonyl (C=O) groups excluding carboxylic acids is 2. The number of hydrogen-bond acceptors (Lipinski definition) is 5. The predicted molar refractivity (Wildman–Crippen MR) is 112 cm³/mol. The molecule has 150 valence electrons. The summed E-state index contributed by atoms with van der Waals surface area (Å²) in [6.45, 7) is 0.374. The molecule has 8 heteroatoms. The minimum absolute atomic E-state index is 0.238. The third-order valence-electron chi connectivity index (χ3n) is 4.44. The summed E-state index contributed by atoms with van der Waals surface area (Å²) < 4.78 is 5.73. The summed E-state index contributed by atoms with van der Waals surface area (Å²) in [5.41, 5.74) is 2.88. The van der Waals surface area contributed by atoms with Crippen LogP contribution in [-0.2, 0) is 6.61 Å². The molecule has 0 saturated heterocycles. The highest BCUT2D eigenvalue weighted by atomic mass is 16.5. The van der Waals surface area contributed by atoms with Crippen LogP contribution in [0.4, 0.5) is 5.95 Å². The lowest BCUT2D eigenvalue weighted by atomic mass is 10.2. The van der Waals surface area contributed by atoms with Gasteiger partial charge in [0.2, 0.25) is 5.95 Å². The van der Waals surface area contributed by atoms with Gasteiger partial charge in [-0.3, -0.25) is 19.9 Å². The number of H-pyrrole nitrogens is 1. The van der Waals surface area contributed by atoms with E-state index in [2.05, 4.69) is 25.6 Å². The Morgan fingerprint density at radius 2 is 1.87 bits per heavy atom. The van der Waals surface area contributed by atoms with Gasteiger partial charge in [0, 0.05) is 13.2 Å². The first-order chi connectivity index (χ1) is 14.6. The van der Waals surface area contributed by atoms with Gasteiger partial charge in [-0.05, 0) is 23.8 Å². The van der Waals surface area contributed by atoms with Gasteiger partial charge in [-0.1, -0.05) is 36.4 Å². The first kappa shape index (κ1) is 19.1. The van der Waals surface area contributed by atoms with E-state index >= 15 is 0 Å². The zero-order chi connectivity index (χ0) is 20.9. The molecule has 0 spiro atoms. The van der Waals surface area contributed by atoms with Crippen LogP contribution < -0.4 is 15.4 Å². The van der Waals surface area contributed by atoms with Crippen LogP contribution in [0.25, 0.3) is 11.0 Å². The molecule has 0 aliphatic rings. The topological polar surface area (TPSA) is 109 Å². The highest BCUT2D eigenvalue weighted by Gasteiger charge is 2.15. The number of carbonyl (C=O) groups is 2. The van der Waals surface area contributed by atoms with E-state index in [9.17, 15) is 9.59 Å². The Bertz CT molecular complexity index is 1200. The lowest BCUT2D eigenvalue weighted by molar-refractivity contribution is 0.0963. The van der Waals surface area contributed by atoms with Crippen molar-refractivity contribution in [1.29, 1.82) is 0 Å². The number of ether oxygens (including phenoxy) is 1. The quantitative estimate of drug-likeness (QED) is 0.460. The van der Waals surface area contributed by atoms with Crippen molar-refractivity contribution >= 4 is 28.8 Å². The van der Waals surface area contributed by atoms with Crippen molar-refractivity contribution in [3.8, 4) is 5.75 Å². The van der Waals surface area contributed by atoms with Gasteiger partial charge in [-0.25, -0.2) is 4.98 Å². The molecule has 0 unspecified atom stereocenters. The molecular formula is C22H19N5O3. The highest BCUT2D eigenvalue weighted by Crippen LogP contribution is 2.20. The summed E-state index contributed by atoms with van der Waals surface area (Å²) >= 11 is 0. The smallest absolute Gasteiger partial charge is 0.259 e. The molecule has 8 nitrogen and oxygen atoms in total. The number of aromatic nitrogens is 3.